The van der Waals surface area contributed by atoms with Crippen LogP contribution in [0.3, 0.4) is 0 Å². The van der Waals surface area contributed by atoms with Crippen molar-refractivity contribution >= 4 is 5.97 Å². The molecule has 0 aliphatic carbocycles. The average molecular weight is 258 g/mol. The largest absolute Gasteiger partial charge is 0.476 e. The summed E-state index contributed by atoms with van der Waals surface area (Å²) in [5.41, 5.74) is 3.09. The van der Waals surface area contributed by atoms with Gasteiger partial charge in [-0.3, -0.25) is 0 Å². The van der Waals surface area contributed by atoms with Crippen LogP contribution in [0.5, 0.6) is 0 Å². The van der Waals surface area contributed by atoms with E-state index in [-0.39, 0.29) is 5.69 Å². The molecule has 1 aromatic carbocycles. The molecule has 4 nitrogen and oxygen atoms in total. The molecular weight excluding hydrogens is 240 g/mol. The number of unbranched alkanes of at least 4 members (excludes halogenated alkanes) is 1. The van der Waals surface area contributed by atoms with Crippen LogP contribution in [0.25, 0.3) is 5.69 Å². The van der Waals surface area contributed by atoms with Crippen LogP contribution in [0.1, 0.15) is 41.5 Å². The molecule has 0 atom stereocenters. The summed E-state index contributed by atoms with van der Waals surface area (Å²) in [6, 6.07) is 9.69. The van der Waals surface area contributed by atoms with Gasteiger partial charge in [0.05, 0.1) is 5.69 Å². The summed E-state index contributed by atoms with van der Waals surface area (Å²) in [7, 11) is 0. The highest BCUT2D eigenvalue weighted by Crippen LogP contribution is 2.14. The lowest BCUT2D eigenvalue weighted by molar-refractivity contribution is 0.0690. The summed E-state index contributed by atoms with van der Waals surface area (Å²) >= 11 is 0. The van der Waals surface area contributed by atoms with Gasteiger partial charge in [-0.15, -0.1) is 0 Å². The van der Waals surface area contributed by atoms with E-state index in [2.05, 4.69) is 24.2 Å². The zero-order chi connectivity index (χ0) is 13.8. The Labute approximate surface area is 112 Å². The normalized spacial score (nSPS) is 10.6. The molecule has 2 rings (SSSR count). The maximum atomic E-state index is 10.9. The van der Waals surface area contributed by atoms with E-state index in [4.69, 9.17) is 5.11 Å². The van der Waals surface area contributed by atoms with Gasteiger partial charge in [0.25, 0.3) is 0 Å². The lowest BCUT2D eigenvalue weighted by atomic mass is 10.1. The molecule has 0 radical (unpaired) electrons. The first-order chi connectivity index (χ1) is 9.11. The zero-order valence-electron chi connectivity index (χ0n) is 11.3. The SMILES string of the molecule is CCCCc1ccc(-n2nc(C(=O)O)cc2C)cc1. The number of hydrogen-bond acceptors (Lipinski definition) is 2. The number of aromatic nitrogens is 2. The average Bonchev–Trinajstić information content (AvgIpc) is 2.79. The van der Waals surface area contributed by atoms with E-state index in [9.17, 15) is 4.79 Å². The summed E-state index contributed by atoms with van der Waals surface area (Å²) in [6.07, 6.45) is 3.44. The molecule has 0 spiro atoms. The van der Waals surface area contributed by atoms with Gasteiger partial charge in [-0.2, -0.15) is 5.10 Å². The van der Waals surface area contributed by atoms with Gasteiger partial charge in [0.15, 0.2) is 5.69 Å². The smallest absolute Gasteiger partial charge is 0.356 e. The van der Waals surface area contributed by atoms with E-state index >= 15 is 0 Å². The van der Waals surface area contributed by atoms with Gasteiger partial charge in [-0.05, 0) is 43.5 Å². The second-order valence-corrected chi connectivity index (χ2v) is 4.66. The summed E-state index contributed by atoms with van der Waals surface area (Å²) in [6.45, 7) is 4.03. The molecule has 2 aromatic rings. The minimum Gasteiger partial charge on any atom is -0.476 e. The first-order valence-electron chi connectivity index (χ1n) is 6.51. The van der Waals surface area contributed by atoms with Crippen molar-refractivity contribution in [2.24, 2.45) is 0 Å². The molecule has 0 saturated carbocycles. The van der Waals surface area contributed by atoms with Crippen molar-refractivity contribution in [3.05, 3.63) is 47.3 Å². The molecule has 1 heterocycles. The first-order valence-corrected chi connectivity index (χ1v) is 6.51. The fraction of sp³-hybridized carbons (Fsp3) is 0.333. The third kappa shape index (κ3) is 3.02. The maximum Gasteiger partial charge on any atom is 0.356 e. The van der Waals surface area contributed by atoms with Gasteiger partial charge in [-0.1, -0.05) is 25.5 Å². The third-order valence-corrected chi connectivity index (χ3v) is 3.11. The molecule has 4 heteroatoms. The highest BCUT2D eigenvalue weighted by molar-refractivity contribution is 5.85. The van der Waals surface area contributed by atoms with Crippen molar-refractivity contribution in [3.63, 3.8) is 0 Å². The Kier molecular flexibility index (Phi) is 4.00. The topological polar surface area (TPSA) is 55.1 Å². The lowest BCUT2D eigenvalue weighted by Gasteiger charge is -2.05. The van der Waals surface area contributed by atoms with Crippen molar-refractivity contribution in [3.8, 4) is 5.69 Å². The van der Waals surface area contributed by atoms with Crippen LogP contribution in [0.15, 0.2) is 30.3 Å². The Morgan fingerprint density at radius 2 is 2.00 bits per heavy atom. The number of aromatic carboxylic acids is 1. The molecule has 0 amide bonds. The number of aryl methyl sites for hydroxylation is 2. The number of carbonyl (C=O) groups is 1. The van der Waals surface area contributed by atoms with Crippen molar-refractivity contribution in [1.82, 2.24) is 9.78 Å². The Morgan fingerprint density at radius 3 is 2.53 bits per heavy atom. The fourth-order valence-electron chi connectivity index (χ4n) is 2.03. The predicted molar refractivity (Wildman–Crippen MR) is 73.9 cm³/mol. The number of carboxylic acid groups (broad SMARTS) is 1. The number of hydrogen-bond donors (Lipinski definition) is 1. The second-order valence-electron chi connectivity index (χ2n) is 4.66. The maximum absolute atomic E-state index is 10.9. The number of benzene rings is 1. The number of carboxylic acids is 1. The Balaban J connectivity index is 2.24. The Morgan fingerprint density at radius 1 is 1.32 bits per heavy atom. The van der Waals surface area contributed by atoms with Crippen LogP contribution in [0.4, 0.5) is 0 Å². The van der Waals surface area contributed by atoms with Crippen LogP contribution in [-0.4, -0.2) is 20.9 Å². The van der Waals surface area contributed by atoms with Gasteiger partial charge >= 0.3 is 5.97 Å². The van der Waals surface area contributed by atoms with Crippen molar-refractivity contribution in [2.75, 3.05) is 0 Å². The van der Waals surface area contributed by atoms with Gasteiger partial charge in [0.2, 0.25) is 0 Å². The van der Waals surface area contributed by atoms with Gasteiger partial charge in [0, 0.05) is 5.69 Å². The molecule has 1 aromatic heterocycles. The van der Waals surface area contributed by atoms with E-state index in [0.29, 0.717) is 0 Å². The molecular formula is C15H18N2O2. The minimum atomic E-state index is -0.999. The van der Waals surface area contributed by atoms with Crippen LogP contribution >= 0.6 is 0 Å². The molecule has 19 heavy (non-hydrogen) atoms. The van der Waals surface area contributed by atoms with Gasteiger partial charge in [-0.25, -0.2) is 9.48 Å². The van der Waals surface area contributed by atoms with Crippen LogP contribution in [0, 0.1) is 6.92 Å². The predicted octanol–water partition coefficient (Wildman–Crippen LogP) is 3.22. The number of rotatable bonds is 5. The van der Waals surface area contributed by atoms with Crippen molar-refractivity contribution in [1.29, 1.82) is 0 Å². The van der Waals surface area contributed by atoms with E-state index in [1.165, 1.54) is 18.4 Å². The fourth-order valence-corrected chi connectivity index (χ4v) is 2.03. The Hall–Kier alpha value is -2.10. The first kappa shape index (κ1) is 13.3. The number of nitrogens with zero attached hydrogens (tertiary/aromatic N) is 2. The highest BCUT2D eigenvalue weighted by atomic mass is 16.4. The summed E-state index contributed by atoms with van der Waals surface area (Å²) in [4.78, 5) is 10.9. The molecule has 0 unspecified atom stereocenters. The van der Waals surface area contributed by atoms with E-state index in [1.807, 2.05) is 19.1 Å². The Bertz CT molecular complexity index is 570. The molecule has 100 valence electrons. The quantitative estimate of drug-likeness (QED) is 0.895. The summed E-state index contributed by atoms with van der Waals surface area (Å²) < 4.78 is 1.66. The van der Waals surface area contributed by atoms with Crippen LogP contribution in [-0.2, 0) is 6.42 Å². The highest BCUT2D eigenvalue weighted by Gasteiger charge is 2.11. The van der Waals surface area contributed by atoms with Gasteiger partial charge < -0.3 is 5.11 Å². The molecule has 0 aliphatic heterocycles. The summed E-state index contributed by atoms with van der Waals surface area (Å²) in [5, 5.41) is 13.0. The molecule has 0 aliphatic rings. The molecule has 0 bridgehead atoms. The van der Waals surface area contributed by atoms with Crippen molar-refractivity contribution < 1.29 is 9.90 Å². The van der Waals surface area contributed by atoms with Gasteiger partial charge in [0.1, 0.15) is 0 Å². The van der Waals surface area contributed by atoms with Crippen LogP contribution in [0.2, 0.25) is 0 Å². The summed E-state index contributed by atoms with van der Waals surface area (Å²) in [5.74, 6) is -0.999. The molecule has 0 saturated heterocycles. The monoisotopic (exact) mass is 258 g/mol. The second kappa shape index (κ2) is 5.69. The van der Waals surface area contributed by atoms with E-state index < -0.39 is 5.97 Å². The zero-order valence-corrected chi connectivity index (χ0v) is 11.3. The molecule has 1 N–H and O–H groups in total. The third-order valence-electron chi connectivity index (χ3n) is 3.11. The van der Waals surface area contributed by atoms with E-state index in [0.717, 1.165) is 17.8 Å². The minimum absolute atomic E-state index is 0.0764. The lowest BCUT2D eigenvalue weighted by Crippen LogP contribution is -2.02. The molecule has 0 fully saturated rings. The standard InChI is InChI=1S/C15H18N2O2/c1-3-4-5-12-6-8-13(9-7-12)17-11(2)10-14(16-17)15(18)19/h6-10H,3-5H2,1-2H3,(H,18,19). The van der Waals surface area contributed by atoms with E-state index in [1.54, 1.807) is 10.7 Å². The van der Waals surface area contributed by atoms with Crippen molar-refractivity contribution in [2.45, 2.75) is 33.1 Å². The van der Waals surface area contributed by atoms with Crippen LogP contribution < -0.4 is 0 Å².